The predicted octanol–water partition coefficient (Wildman–Crippen LogP) is 6.00. The summed E-state index contributed by atoms with van der Waals surface area (Å²) in [6, 6.07) is 10.9. The fourth-order valence-electron chi connectivity index (χ4n) is 5.51. The summed E-state index contributed by atoms with van der Waals surface area (Å²) >= 11 is 0. The van der Waals surface area contributed by atoms with E-state index in [0.29, 0.717) is 17.6 Å². The molecule has 0 radical (unpaired) electrons. The molecule has 1 aromatic heterocycles. The first kappa shape index (κ1) is 15.1. The third-order valence-corrected chi connectivity index (χ3v) is 6.72. The van der Waals surface area contributed by atoms with Crippen molar-refractivity contribution >= 4 is 21.8 Å². The molecule has 1 aliphatic carbocycles. The third-order valence-electron chi connectivity index (χ3n) is 6.72. The number of rotatable bonds is 0. The molecule has 2 aromatic carbocycles. The minimum absolute atomic E-state index is 0.0257. The zero-order valence-corrected chi connectivity index (χ0v) is 15.4. The van der Waals surface area contributed by atoms with Crippen LogP contribution in [0.5, 0.6) is 5.75 Å². The summed E-state index contributed by atoms with van der Waals surface area (Å²) in [5.74, 6) is 1.31. The Hall–Kier alpha value is -2.22. The van der Waals surface area contributed by atoms with Crippen molar-refractivity contribution in [1.29, 1.82) is 0 Å². The molecule has 0 saturated heterocycles. The van der Waals surface area contributed by atoms with E-state index in [9.17, 15) is 5.11 Å². The molecular formula is C23H25NO. The molecule has 1 aliphatic heterocycles. The number of hydrogen-bond acceptors (Lipinski definition) is 1. The lowest BCUT2D eigenvalue weighted by molar-refractivity contribution is 0.177. The van der Waals surface area contributed by atoms with E-state index in [1.54, 1.807) is 0 Å². The zero-order chi connectivity index (χ0) is 17.5. The van der Waals surface area contributed by atoms with Crippen LogP contribution in [0.25, 0.3) is 21.8 Å². The molecule has 0 amide bonds. The lowest BCUT2D eigenvalue weighted by Gasteiger charge is -2.47. The number of aryl methyl sites for hydroxylation is 1. The summed E-state index contributed by atoms with van der Waals surface area (Å²) < 4.78 is 2.52. The fraction of sp³-hybridized carbons (Fsp3) is 0.391. The van der Waals surface area contributed by atoms with Crippen LogP contribution in [0, 0.1) is 12.8 Å². The Morgan fingerprint density at radius 1 is 1.12 bits per heavy atom. The van der Waals surface area contributed by atoms with Gasteiger partial charge in [-0.05, 0) is 64.2 Å². The minimum atomic E-state index is 0.0257. The molecule has 2 aliphatic rings. The molecule has 2 heterocycles. The minimum Gasteiger partial charge on any atom is -0.507 e. The van der Waals surface area contributed by atoms with Gasteiger partial charge in [0, 0.05) is 33.3 Å². The third kappa shape index (κ3) is 1.75. The molecular weight excluding hydrogens is 306 g/mol. The quantitative estimate of drug-likeness (QED) is 0.502. The first-order valence-electron chi connectivity index (χ1n) is 9.34. The Labute approximate surface area is 148 Å². The molecule has 2 atom stereocenters. The highest BCUT2D eigenvalue weighted by Crippen LogP contribution is 2.56. The summed E-state index contributed by atoms with van der Waals surface area (Å²) in [6.45, 7) is 9.03. The highest BCUT2D eigenvalue weighted by atomic mass is 16.3. The number of para-hydroxylation sites is 1. The van der Waals surface area contributed by atoms with Gasteiger partial charge in [-0.3, -0.25) is 0 Å². The van der Waals surface area contributed by atoms with Crippen LogP contribution in [0.1, 0.15) is 50.7 Å². The van der Waals surface area contributed by atoms with Gasteiger partial charge >= 0.3 is 0 Å². The van der Waals surface area contributed by atoms with Crippen molar-refractivity contribution in [3.05, 3.63) is 53.1 Å². The van der Waals surface area contributed by atoms with E-state index < -0.39 is 0 Å². The molecule has 0 saturated carbocycles. The fourth-order valence-corrected chi connectivity index (χ4v) is 5.51. The number of benzene rings is 2. The van der Waals surface area contributed by atoms with E-state index in [0.717, 1.165) is 17.5 Å². The molecule has 0 fully saturated rings. The summed E-state index contributed by atoms with van der Waals surface area (Å²) in [4.78, 5) is 0. The van der Waals surface area contributed by atoms with E-state index in [2.05, 4.69) is 61.7 Å². The zero-order valence-electron chi connectivity index (χ0n) is 15.4. The average molecular weight is 331 g/mol. The van der Waals surface area contributed by atoms with Crippen LogP contribution in [-0.4, -0.2) is 9.67 Å². The van der Waals surface area contributed by atoms with Crippen LogP contribution >= 0.6 is 0 Å². The number of allylic oxidation sites excluding steroid dienone is 2. The van der Waals surface area contributed by atoms with Gasteiger partial charge in [0.25, 0.3) is 0 Å². The van der Waals surface area contributed by atoms with Gasteiger partial charge in [0.05, 0.1) is 5.52 Å². The molecule has 2 nitrogen and oxygen atoms in total. The van der Waals surface area contributed by atoms with Gasteiger partial charge in [-0.25, -0.2) is 0 Å². The van der Waals surface area contributed by atoms with Crippen molar-refractivity contribution in [2.24, 2.45) is 5.92 Å². The Morgan fingerprint density at radius 3 is 2.68 bits per heavy atom. The second kappa shape index (κ2) is 4.69. The van der Waals surface area contributed by atoms with Crippen molar-refractivity contribution in [3.63, 3.8) is 0 Å². The molecule has 2 heteroatoms. The topological polar surface area (TPSA) is 25.2 Å². The van der Waals surface area contributed by atoms with Crippen LogP contribution in [0.2, 0.25) is 0 Å². The van der Waals surface area contributed by atoms with E-state index in [4.69, 9.17) is 0 Å². The second-order valence-electron chi connectivity index (χ2n) is 8.54. The Morgan fingerprint density at radius 2 is 1.88 bits per heavy atom. The van der Waals surface area contributed by atoms with Gasteiger partial charge in [0.1, 0.15) is 5.75 Å². The predicted molar refractivity (Wildman–Crippen MR) is 104 cm³/mol. The number of nitrogens with zero attached hydrogens (tertiary/aromatic N) is 1. The van der Waals surface area contributed by atoms with Crippen molar-refractivity contribution in [1.82, 2.24) is 4.57 Å². The molecule has 0 unspecified atom stereocenters. The number of aromatic nitrogens is 1. The molecule has 5 rings (SSSR count). The van der Waals surface area contributed by atoms with E-state index in [1.807, 2.05) is 6.92 Å². The van der Waals surface area contributed by atoms with Crippen LogP contribution in [0.15, 0.2) is 42.0 Å². The first-order valence-corrected chi connectivity index (χ1v) is 9.34. The lowest BCUT2D eigenvalue weighted by Crippen LogP contribution is -2.42. The number of aromatic hydroxyl groups is 1. The SMILES string of the molecule is CC1=C[C@H]2c3c(O)c(C)cc4c5ccccc5n(c34)C(C)(C)[C@H]2CC1. The van der Waals surface area contributed by atoms with Crippen LogP contribution < -0.4 is 0 Å². The van der Waals surface area contributed by atoms with Crippen LogP contribution in [0.4, 0.5) is 0 Å². The largest absolute Gasteiger partial charge is 0.507 e. The van der Waals surface area contributed by atoms with Crippen LogP contribution in [-0.2, 0) is 5.54 Å². The summed E-state index contributed by atoms with van der Waals surface area (Å²) in [7, 11) is 0. The van der Waals surface area contributed by atoms with Gasteiger partial charge in [0.2, 0.25) is 0 Å². The lowest BCUT2D eigenvalue weighted by atomic mass is 9.66. The van der Waals surface area contributed by atoms with Crippen molar-refractivity contribution in [3.8, 4) is 5.75 Å². The maximum Gasteiger partial charge on any atom is 0.124 e. The normalized spacial score (nSPS) is 24.4. The van der Waals surface area contributed by atoms with Crippen molar-refractivity contribution < 1.29 is 5.11 Å². The van der Waals surface area contributed by atoms with E-state index in [1.165, 1.54) is 33.8 Å². The smallest absolute Gasteiger partial charge is 0.124 e. The van der Waals surface area contributed by atoms with Gasteiger partial charge in [-0.15, -0.1) is 0 Å². The number of hydrogen-bond donors (Lipinski definition) is 1. The Kier molecular flexibility index (Phi) is 2.83. The highest BCUT2D eigenvalue weighted by molar-refractivity contribution is 6.11. The number of phenolic OH excluding ortho intramolecular Hbond substituents is 1. The maximum absolute atomic E-state index is 11.0. The van der Waals surface area contributed by atoms with Gasteiger partial charge < -0.3 is 9.67 Å². The summed E-state index contributed by atoms with van der Waals surface area (Å²) in [6.07, 6.45) is 4.76. The monoisotopic (exact) mass is 331 g/mol. The number of fused-ring (bicyclic) bond motifs is 5. The number of phenols is 1. The standard InChI is InChI=1S/C23H25NO/c1-13-9-10-18-17(11-13)20-21-16(12-14(2)22(20)25)15-7-5-6-8-19(15)24(21)23(18,3)4/h5-8,11-12,17-18,25H,9-10H2,1-4H3/t17-,18+/m1/s1. The van der Waals surface area contributed by atoms with Crippen molar-refractivity contribution in [2.45, 2.75) is 52.0 Å². The van der Waals surface area contributed by atoms with Crippen LogP contribution in [0.3, 0.4) is 0 Å². The Balaban J connectivity index is 2.05. The molecule has 0 spiro atoms. The van der Waals surface area contributed by atoms with Gasteiger partial charge in [-0.1, -0.05) is 29.8 Å². The van der Waals surface area contributed by atoms with E-state index in [-0.39, 0.29) is 5.54 Å². The second-order valence-corrected chi connectivity index (χ2v) is 8.54. The summed E-state index contributed by atoms with van der Waals surface area (Å²) in [5, 5.41) is 13.6. The molecule has 1 N–H and O–H groups in total. The Bertz CT molecular complexity index is 1070. The molecule has 128 valence electrons. The van der Waals surface area contributed by atoms with Gasteiger partial charge in [-0.2, -0.15) is 0 Å². The highest BCUT2D eigenvalue weighted by Gasteiger charge is 2.45. The first-order chi connectivity index (χ1) is 11.9. The van der Waals surface area contributed by atoms with Gasteiger partial charge in [0.15, 0.2) is 0 Å². The molecule has 3 aromatic rings. The van der Waals surface area contributed by atoms with Crippen molar-refractivity contribution in [2.75, 3.05) is 0 Å². The average Bonchev–Trinajstić information content (AvgIpc) is 2.90. The molecule has 0 bridgehead atoms. The molecule has 25 heavy (non-hydrogen) atoms. The maximum atomic E-state index is 11.0. The summed E-state index contributed by atoms with van der Waals surface area (Å²) in [5.41, 5.74) is 6.14. The van der Waals surface area contributed by atoms with E-state index >= 15 is 0 Å².